The van der Waals surface area contributed by atoms with E-state index < -0.39 is 11.6 Å². The van der Waals surface area contributed by atoms with Crippen LogP contribution < -0.4 is 15.6 Å². The molecule has 0 amide bonds. The summed E-state index contributed by atoms with van der Waals surface area (Å²) in [7, 11) is 1.58. The highest BCUT2D eigenvalue weighted by Crippen LogP contribution is 2.43. The van der Waals surface area contributed by atoms with E-state index in [0.717, 1.165) is 5.56 Å². The first kappa shape index (κ1) is 18.6. The van der Waals surface area contributed by atoms with Gasteiger partial charge in [0.1, 0.15) is 17.5 Å². The van der Waals surface area contributed by atoms with Gasteiger partial charge in [-0.1, -0.05) is 46.5 Å². The van der Waals surface area contributed by atoms with Crippen molar-refractivity contribution < 1.29 is 4.74 Å². The van der Waals surface area contributed by atoms with Crippen molar-refractivity contribution in [2.75, 3.05) is 12.4 Å². The van der Waals surface area contributed by atoms with Gasteiger partial charge in [0, 0.05) is 26.7 Å². The number of nitrogens with zero attached hydrogens (tertiary/aromatic N) is 5. The van der Waals surface area contributed by atoms with Crippen molar-refractivity contribution in [3.63, 3.8) is 0 Å². The van der Waals surface area contributed by atoms with Crippen LogP contribution in [0, 0.1) is 0 Å². The number of fused-ring (bicyclic) bond motifs is 2. The van der Waals surface area contributed by atoms with Gasteiger partial charge in [0.05, 0.1) is 12.8 Å². The molecular formula is C19H13Cl2N7O2. The Morgan fingerprint density at radius 3 is 2.83 bits per heavy atom. The topological polar surface area (TPSA) is 111 Å². The molecule has 0 bridgehead atoms. The Balaban J connectivity index is 1.83. The fraction of sp³-hybridized carbons (Fsp3) is 0.105. The molecule has 3 heterocycles. The molecule has 2 aromatic carbocycles. The Morgan fingerprint density at radius 2 is 2.03 bits per heavy atom. The summed E-state index contributed by atoms with van der Waals surface area (Å²) >= 11 is 12.6. The quantitative estimate of drug-likeness (QED) is 0.441. The highest BCUT2D eigenvalue weighted by atomic mass is 35.5. The number of H-pyrrole nitrogens is 1. The van der Waals surface area contributed by atoms with Gasteiger partial charge in [-0.25, -0.2) is 5.10 Å². The lowest BCUT2D eigenvalue weighted by atomic mass is 9.92. The summed E-state index contributed by atoms with van der Waals surface area (Å²) in [4.78, 5) is 12.7. The summed E-state index contributed by atoms with van der Waals surface area (Å²) in [6.45, 7) is 0. The molecule has 0 aliphatic carbocycles. The van der Waals surface area contributed by atoms with E-state index >= 15 is 0 Å². The maximum Gasteiger partial charge on any atom is 0.288 e. The normalized spacial score (nSPS) is 14.6. The Morgan fingerprint density at radius 1 is 1.17 bits per heavy atom. The molecule has 1 aliphatic heterocycles. The number of rotatable bonds is 3. The molecule has 2 N–H and O–H groups in total. The van der Waals surface area contributed by atoms with Crippen LogP contribution in [0.15, 0.2) is 47.3 Å². The number of hydrogen-bond donors (Lipinski definition) is 2. The van der Waals surface area contributed by atoms with Crippen LogP contribution in [-0.4, -0.2) is 37.5 Å². The van der Waals surface area contributed by atoms with Gasteiger partial charge in [-0.2, -0.15) is 9.78 Å². The van der Waals surface area contributed by atoms with E-state index in [1.54, 1.807) is 30.0 Å². The predicted molar refractivity (Wildman–Crippen MR) is 112 cm³/mol. The first-order chi connectivity index (χ1) is 14.6. The molecule has 4 aromatic rings. The first-order valence-electron chi connectivity index (χ1n) is 8.83. The van der Waals surface area contributed by atoms with Crippen molar-refractivity contribution in [1.29, 1.82) is 0 Å². The van der Waals surface area contributed by atoms with Crippen molar-refractivity contribution in [1.82, 2.24) is 30.4 Å². The Hall–Kier alpha value is -3.43. The molecule has 5 rings (SSSR count). The number of ether oxygens (including phenoxy) is 1. The molecule has 1 atom stereocenters. The van der Waals surface area contributed by atoms with Crippen molar-refractivity contribution in [2.24, 2.45) is 0 Å². The third kappa shape index (κ3) is 2.90. The number of halogens is 2. The minimum Gasteiger partial charge on any atom is -0.497 e. The smallest absolute Gasteiger partial charge is 0.288 e. The number of benzene rings is 2. The summed E-state index contributed by atoms with van der Waals surface area (Å²) in [5.74, 6) is 0.967. The highest BCUT2D eigenvalue weighted by Gasteiger charge is 2.35. The number of tetrazole rings is 1. The second-order valence-corrected chi connectivity index (χ2v) is 7.41. The van der Waals surface area contributed by atoms with Gasteiger partial charge in [-0.15, -0.1) is 0 Å². The second-order valence-electron chi connectivity index (χ2n) is 6.56. The van der Waals surface area contributed by atoms with Gasteiger partial charge in [0.25, 0.3) is 5.56 Å². The molecule has 0 radical (unpaired) electrons. The van der Waals surface area contributed by atoms with E-state index in [1.807, 2.05) is 24.3 Å². The van der Waals surface area contributed by atoms with E-state index in [-0.39, 0.29) is 0 Å². The fourth-order valence-corrected chi connectivity index (χ4v) is 4.05. The van der Waals surface area contributed by atoms with Gasteiger partial charge < -0.3 is 10.1 Å². The number of hydrogen-bond acceptors (Lipinski definition) is 7. The number of anilines is 2. The van der Waals surface area contributed by atoms with E-state index in [2.05, 4.69) is 31.0 Å². The number of aromatic nitrogens is 6. The van der Waals surface area contributed by atoms with Gasteiger partial charge >= 0.3 is 0 Å². The third-order valence-electron chi connectivity index (χ3n) is 4.87. The van der Waals surface area contributed by atoms with Crippen LogP contribution in [0.4, 0.5) is 11.6 Å². The Bertz CT molecular complexity index is 1330. The zero-order chi connectivity index (χ0) is 20.8. The number of aromatic amines is 1. The summed E-state index contributed by atoms with van der Waals surface area (Å²) in [5.41, 5.74) is 2.43. The predicted octanol–water partition coefficient (Wildman–Crippen LogP) is 3.43. The molecule has 30 heavy (non-hydrogen) atoms. The van der Waals surface area contributed by atoms with Crippen LogP contribution in [0.25, 0.3) is 11.3 Å². The zero-order valence-corrected chi connectivity index (χ0v) is 16.9. The summed E-state index contributed by atoms with van der Waals surface area (Å²) < 4.78 is 6.90. The van der Waals surface area contributed by atoms with Crippen molar-refractivity contribution in [2.45, 2.75) is 6.04 Å². The van der Waals surface area contributed by atoms with Crippen LogP contribution in [0.2, 0.25) is 10.0 Å². The third-order valence-corrected chi connectivity index (χ3v) is 5.43. The van der Waals surface area contributed by atoms with Gasteiger partial charge in [-0.3, -0.25) is 4.79 Å². The van der Waals surface area contributed by atoms with Crippen LogP contribution in [0.3, 0.4) is 0 Å². The average Bonchev–Trinajstić information content (AvgIpc) is 3.22. The monoisotopic (exact) mass is 441 g/mol. The molecule has 0 saturated heterocycles. The zero-order valence-electron chi connectivity index (χ0n) is 15.4. The maximum atomic E-state index is 12.7. The standard InChI is InChI=1S/C19H13Cl2N7O2/c1-30-11-4-2-3-9(7-11)15-14-16(18(29)24-23-15)22-19-25-26-27-28(19)17(14)12-6-5-10(20)8-13(12)21/h2-8,17H,1H3,(H,24,29)(H,22,25,27)/t17-/m1/s1. The van der Waals surface area contributed by atoms with E-state index in [1.165, 1.54) is 0 Å². The van der Waals surface area contributed by atoms with Gasteiger partial charge in [-0.05, 0) is 34.7 Å². The van der Waals surface area contributed by atoms with Crippen LogP contribution >= 0.6 is 23.2 Å². The lowest BCUT2D eigenvalue weighted by molar-refractivity contribution is 0.415. The largest absolute Gasteiger partial charge is 0.497 e. The molecule has 9 nitrogen and oxygen atoms in total. The lowest BCUT2D eigenvalue weighted by Gasteiger charge is -2.28. The minimum absolute atomic E-state index is 0.293. The molecule has 0 saturated carbocycles. The van der Waals surface area contributed by atoms with Crippen molar-refractivity contribution >= 4 is 34.8 Å². The minimum atomic E-state index is -0.605. The molecule has 0 unspecified atom stereocenters. The SMILES string of the molecule is COc1cccc(-c2n[nH]c(=O)c3c2[C@@H](c2ccc(Cl)cc2Cl)n2nnnc2N3)c1. The molecular weight excluding hydrogens is 429 g/mol. The first-order valence-corrected chi connectivity index (χ1v) is 9.59. The summed E-state index contributed by atoms with van der Waals surface area (Å²) in [6.07, 6.45) is 0. The van der Waals surface area contributed by atoms with Crippen molar-refractivity contribution in [3.05, 3.63) is 74.0 Å². The van der Waals surface area contributed by atoms with E-state index in [9.17, 15) is 4.79 Å². The lowest BCUT2D eigenvalue weighted by Crippen LogP contribution is -2.29. The summed E-state index contributed by atoms with van der Waals surface area (Å²) in [5, 5.41) is 22.6. The Kier molecular flexibility index (Phi) is 4.41. The fourth-order valence-electron chi connectivity index (χ4n) is 3.54. The van der Waals surface area contributed by atoms with Crippen LogP contribution in [-0.2, 0) is 0 Å². The Labute approximate surface area is 179 Å². The van der Waals surface area contributed by atoms with Crippen molar-refractivity contribution in [3.8, 4) is 17.0 Å². The second kappa shape index (κ2) is 7.12. The average molecular weight is 442 g/mol. The maximum absolute atomic E-state index is 12.7. The molecule has 11 heteroatoms. The van der Waals surface area contributed by atoms with E-state index in [4.69, 9.17) is 27.9 Å². The highest BCUT2D eigenvalue weighted by molar-refractivity contribution is 6.35. The molecule has 0 fully saturated rings. The molecule has 150 valence electrons. The van der Waals surface area contributed by atoms with Crippen LogP contribution in [0.5, 0.6) is 5.75 Å². The molecule has 1 aliphatic rings. The summed E-state index contributed by atoms with van der Waals surface area (Å²) in [6, 6.07) is 11.9. The number of nitrogens with one attached hydrogen (secondary N) is 2. The van der Waals surface area contributed by atoms with Gasteiger partial charge in [0.15, 0.2) is 0 Å². The number of methoxy groups -OCH3 is 1. The van der Waals surface area contributed by atoms with Gasteiger partial charge in [0.2, 0.25) is 5.95 Å². The molecule has 0 spiro atoms. The van der Waals surface area contributed by atoms with E-state index in [0.29, 0.717) is 44.3 Å². The molecule has 2 aromatic heterocycles. The van der Waals surface area contributed by atoms with Crippen LogP contribution in [0.1, 0.15) is 17.2 Å².